The average Bonchev–Trinajstić information content (AvgIpc) is 2.38. The predicted octanol–water partition coefficient (Wildman–Crippen LogP) is -0.933. The van der Waals surface area contributed by atoms with Crippen molar-refractivity contribution < 1.29 is 23.6 Å². The molecular formula is C13H19LiN2O. The Balaban J connectivity index is 0.00000144. The van der Waals surface area contributed by atoms with Crippen LogP contribution in [0.3, 0.4) is 0 Å². The molecule has 0 saturated carbocycles. The van der Waals surface area contributed by atoms with E-state index in [1.807, 2.05) is 13.1 Å². The number of rotatable bonds is 4. The molecule has 0 bridgehead atoms. The molecule has 3 nitrogen and oxygen atoms in total. The zero-order valence-corrected chi connectivity index (χ0v) is 10.8. The average molecular weight is 226 g/mol. The van der Waals surface area contributed by atoms with E-state index >= 15 is 0 Å². The molecule has 1 aliphatic rings. The number of hydrogen-bond donors (Lipinski definition) is 0. The normalized spacial score (nSPS) is 18.4. The van der Waals surface area contributed by atoms with Gasteiger partial charge in [0.15, 0.2) is 0 Å². The molecule has 4 heteroatoms. The molecule has 2 rings (SSSR count). The van der Waals surface area contributed by atoms with Crippen LogP contribution in [0.25, 0.3) is 5.32 Å². The second-order valence-electron chi connectivity index (χ2n) is 4.10. The molecule has 17 heavy (non-hydrogen) atoms. The maximum atomic E-state index is 5.35. The summed E-state index contributed by atoms with van der Waals surface area (Å²) in [5.41, 5.74) is 1.30. The zero-order valence-electron chi connectivity index (χ0n) is 10.8. The minimum atomic E-state index is 0. The standard InChI is InChI=1S/C13H19N2O.Li/c1-14-13(12-5-3-2-4-6-12)11-15-7-9-16-10-8-15;/h2-6,13H,7-11H2,1H3;/q-1;+1/t13-;/m0./s1. The van der Waals surface area contributed by atoms with Gasteiger partial charge in [-0.05, 0) is 6.54 Å². The molecule has 1 aliphatic heterocycles. The summed E-state index contributed by atoms with van der Waals surface area (Å²) in [5, 5.41) is 4.47. The third-order valence-corrected chi connectivity index (χ3v) is 3.03. The molecule has 0 spiro atoms. The molecule has 0 aromatic heterocycles. The van der Waals surface area contributed by atoms with E-state index in [0.717, 1.165) is 32.8 Å². The number of ether oxygens (including phenoxy) is 1. The molecule has 1 atom stereocenters. The van der Waals surface area contributed by atoms with Crippen molar-refractivity contribution in [2.24, 2.45) is 0 Å². The Kier molecular flexibility index (Phi) is 6.87. The van der Waals surface area contributed by atoms with Crippen LogP contribution in [-0.4, -0.2) is 44.8 Å². The van der Waals surface area contributed by atoms with Gasteiger partial charge in [0.2, 0.25) is 0 Å². The molecule has 0 N–H and O–H groups in total. The molecule has 0 unspecified atom stereocenters. The second kappa shape index (κ2) is 7.92. The van der Waals surface area contributed by atoms with E-state index < -0.39 is 0 Å². The summed E-state index contributed by atoms with van der Waals surface area (Å²) in [6.45, 7) is 4.76. The summed E-state index contributed by atoms with van der Waals surface area (Å²) >= 11 is 0. The number of morpholine rings is 1. The predicted molar refractivity (Wildman–Crippen MR) is 65.7 cm³/mol. The summed E-state index contributed by atoms with van der Waals surface area (Å²) < 4.78 is 5.35. The SMILES string of the molecule is C[N-][C@@H](CN1CCOCC1)c1ccccc1.[Li+]. The first-order valence-electron chi connectivity index (χ1n) is 5.84. The monoisotopic (exact) mass is 226 g/mol. The van der Waals surface area contributed by atoms with Crippen molar-refractivity contribution in [3.05, 3.63) is 41.2 Å². The molecule has 0 radical (unpaired) electrons. The van der Waals surface area contributed by atoms with Gasteiger partial charge in [-0.25, -0.2) is 0 Å². The van der Waals surface area contributed by atoms with E-state index in [-0.39, 0.29) is 18.9 Å². The molecule has 1 saturated heterocycles. The van der Waals surface area contributed by atoms with Gasteiger partial charge in [0.05, 0.1) is 13.2 Å². The Morgan fingerprint density at radius 1 is 1.24 bits per heavy atom. The van der Waals surface area contributed by atoms with Crippen molar-refractivity contribution in [1.29, 1.82) is 0 Å². The first-order valence-corrected chi connectivity index (χ1v) is 5.84. The van der Waals surface area contributed by atoms with Gasteiger partial charge in [-0.2, -0.15) is 7.05 Å². The Hall–Kier alpha value is -0.303. The summed E-state index contributed by atoms with van der Waals surface area (Å²) in [4.78, 5) is 2.42. The van der Waals surface area contributed by atoms with Crippen LogP contribution >= 0.6 is 0 Å². The van der Waals surface area contributed by atoms with Crippen molar-refractivity contribution in [3.63, 3.8) is 0 Å². The first-order chi connectivity index (χ1) is 7.90. The van der Waals surface area contributed by atoms with Gasteiger partial charge in [0.25, 0.3) is 0 Å². The molecule has 0 aliphatic carbocycles. The third-order valence-electron chi connectivity index (χ3n) is 3.03. The van der Waals surface area contributed by atoms with Gasteiger partial charge >= 0.3 is 18.9 Å². The fraction of sp³-hybridized carbons (Fsp3) is 0.538. The minimum Gasteiger partial charge on any atom is -0.657 e. The summed E-state index contributed by atoms with van der Waals surface area (Å²) in [6, 6.07) is 10.8. The first kappa shape index (κ1) is 14.8. The maximum Gasteiger partial charge on any atom is 1.00 e. The van der Waals surface area contributed by atoms with Gasteiger partial charge in [-0.1, -0.05) is 41.9 Å². The molecular weight excluding hydrogens is 207 g/mol. The van der Waals surface area contributed by atoms with Crippen LogP contribution in [0, 0.1) is 0 Å². The van der Waals surface area contributed by atoms with Crippen LogP contribution in [-0.2, 0) is 4.74 Å². The van der Waals surface area contributed by atoms with Crippen molar-refractivity contribution in [2.75, 3.05) is 39.9 Å². The Morgan fingerprint density at radius 2 is 1.88 bits per heavy atom. The number of likely N-dealkylation sites (N-methyl/N-ethyl adjacent to an activating group) is 1. The van der Waals surface area contributed by atoms with E-state index in [1.54, 1.807) is 0 Å². The van der Waals surface area contributed by atoms with E-state index in [0.29, 0.717) is 6.04 Å². The molecule has 88 valence electrons. The van der Waals surface area contributed by atoms with Crippen molar-refractivity contribution >= 4 is 0 Å². The summed E-state index contributed by atoms with van der Waals surface area (Å²) in [6.07, 6.45) is 0. The van der Waals surface area contributed by atoms with E-state index in [9.17, 15) is 0 Å². The quantitative estimate of drug-likeness (QED) is 0.620. The fourth-order valence-electron chi connectivity index (χ4n) is 2.04. The minimum absolute atomic E-state index is 0. The number of nitrogens with zero attached hydrogens (tertiary/aromatic N) is 2. The van der Waals surface area contributed by atoms with Crippen molar-refractivity contribution in [3.8, 4) is 0 Å². The second-order valence-corrected chi connectivity index (χ2v) is 4.10. The van der Waals surface area contributed by atoms with Gasteiger partial charge < -0.3 is 10.1 Å². The Bertz CT molecular complexity index is 302. The van der Waals surface area contributed by atoms with E-state index in [4.69, 9.17) is 4.74 Å². The van der Waals surface area contributed by atoms with E-state index in [1.165, 1.54) is 5.56 Å². The van der Waals surface area contributed by atoms with Crippen LogP contribution < -0.4 is 18.9 Å². The number of hydrogen-bond acceptors (Lipinski definition) is 2. The van der Waals surface area contributed by atoms with Crippen molar-refractivity contribution in [2.45, 2.75) is 6.04 Å². The third kappa shape index (κ3) is 4.46. The van der Waals surface area contributed by atoms with Gasteiger partial charge in [-0.15, -0.1) is 0 Å². The van der Waals surface area contributed by atoms with E-state index in [2.05, 4.69) is 34.5 Å². The maximum absolute atomic E-state index is 5.35. The van der Waals surface area contributed by atoms with Gasteiger partial charge in [0.1, 0.15) is 0 Å². The Labute approximate surface area is 116 Å². The molecule has 1 aromatic carbocycles. The van der Waals surface area contributed by atoms with Crippen LogP contribution in [0.2, 0.25) is 0 Å². The topological polar surface area (TPSA) is 26.6 Å². The Morgan fingerprint density at radius 3 is 2.47 bits per heavy atom. The van der Waals surface area contributed by atoms with Gasteiger partial charge in [0, 0.05) is 13.1 Å². The molecule has 1 heterocycles. The molecule has 1 aromatic rings. The summed E-state index contributed by atoms with van der Waals surface area (Å²) in [7, 11) is 1.90. The summed E-state index contributed by atoms with van der Waals surface area (Å²) in [5.74, 6) is 0. The smallest absolute Gasteiger partial charge is 0.657 e. The number of benzene rings is 1. The van der Waals surface area contributed by atoms with Crippen LogP contribution in [0.5, 0.6) is 0 Å². The van der Waals surface area contributed by atoms with Crippen LogP contribution in [0.4, 0.5) is 0 Å². The van der Waals surface area contributed by atoms with Crippen LogP contribution in [0.1, 0.15) is 11.6 Å². The van der Waals surface area contributed by atoms with Crippen LogP contribution in [0.15, 0.2) is 30.3 Å². The largest absolute Gasteiger partial charge is 1.00 e. The molecule has 1 fully saturated rings. The van der Waals surface area contributed by atoms with Crippen molar-refractivity contribution in [1.82, 2.24) is 4.90 Å². The van der Waals surface area contributed by atoms with Gasteiger partial charge in [-0.3, -0.25) is 4.90 Å². The zero-order chi connectivity index (χ0) is 11.2. The molecule has 0 amide bonds. The fourth-order valence-corrected chi connectivity index (χ4v) is 2.04.